The molecule has 0 saturated carbocycles. The van der Waals surface area contributed by atoms with Crippen molar-refractivity contribution in [3.63, 3.8) is 0 Å². The Balaban J connectivity index is 2.21. The van der Waals surface area contributed by atoms with E-state index in [1.807, 2.05) is 18.0 Å². The minimum Gasteiger partial charge on any atom is -0.260 e. The van der Waals surface area contributed by atoms with Gasteiger partial charge in [0.1, 0.15) is 0 Å². The molecule has 0 aromatic rings. The van der Waals surface area contributed by atoms with E-state index in [0.717, 1.165) is 11.5 Å². The highest BCUT2D eigenvalue weighted by Gasteiger charge is 2.41. The Kier molecular flexibility index (Phi) is 1.77. The highest BCUT2D eigenvalue weighted by Crippen LogP contribution is 2.45. The second-order valence-corrected chi connectivity index (χ2v) is 4.72. The summed E-state index contributed by atoms with van der Waals surface area (Å²) in [6.45, 7) is 0. The third-order valence-electron chi connectivity index (χ3n) is 2.96. The molecule has 0 radical (unpaired) electrons. The van der Waals surface area contributed by atoms with Crippen LogP contribution in [0.25, 0.3) is 0 Å². The zero-order valence-electron chi connectivity index (χ0n) is 7.81. The molecule has 1 atom stereocenters. The number of nitrogens with zero attached hydrogens (tertiary/aromatic N) is 1. The first-order chi connectivity index (χ1) is 6.92. The lowest BCUT2D eigenvalue weighted by atomic mass is 9.76. The van der Waals surface area contributed by atoms with Gasteiger partial charge in [0.25, 0.3) is 0 Å². The zero-order valence-corrected chi connectivity index (χ0v) is 8.63. The topological polar surface area (TPSA) is 12.4 Å². The molecule has 1 unspecified atom stereocenters. The number of rotatable bonds is 0. The van der Waals surface area contributed by atoms with E-state index < -0.39 is 0 Å². The third-order valence-corrected chi connectivity index (χ3v) is 4.14. The fourth-order valence-electron chi connectivity index (χ4n) is 2.18. The first-order valence-corrected chi connectivity index (χ1v) is 5.95. The van der Waals surface area contributed by atoms with Gasteiger partial charge >= 0.3 is 0 Å². The molecule has 3 rings (SSSR count). The van der Waals surface area contributed by atoms with Gasteiger partial charge in [-0.3, -0.25) is 4.99 Å². The summed E-state index contributed by atoms with van der Waals surface area (Å²) >= 11 is 2.00. The first-order valence-electron chi connectivity index (χ1n) is 4.80. The van der Waals surface area contributed by atoms with E-state index in [4.69, 9.17) is 0 Å². The number of hydrogen-bond acceptors (Lipinski definition) is 2. The summed E-state index contributed by atoms with van der Waals surface area (Å²) in [5.41, 5.74) is 2.81. The van der Waals surface area contributed by atoms with Gasteiger partial charge in [0.15, 0.2) is 0 Å². The van der Waals surface area contributed by atoms with Crippen LogP contribution < -0.4 is 0 Å². The fourth-order valence-corrected chi connectivity index (χ4v) is 3.60. The van der Waals surface area contributed by atoms with Crippen molar-refractivity contribution in [1.82, 2.24) is 0 Å². The molecule has 0 aromatic heterocycles. The third kappa shape index (κ3) is 1.01. The molecular formula is C12H11NS. The number of aliphatic imine (C=N–C) groups is 1. The molecule has 14 heavy (non-hydrogen) atoms. The fraction of sp³-hybridized carbons (Fsp3) is 0.250. The average Bonchev–Trinajstić information content (AvgIpc) is 2.51. The molecule has 1 saturated heterocycles. The van der Waals surface area contributed by atoms with Crippen molar-refractivity contribution < 1.29 is 0 Å². The van der Waals surface area contributed by atoms with Crippen LogP contribution in [0.15, 0.2) is 53.2 Å². The van der Waals surface area contributed by atoms with Gasteiger partial charge in [-0.25, -0.2) is 0 Å². The summed E-state index contributed by atoms with van der Waals surface area (Å²) in [4.78, 5) is 4.51. The molecule has 0 bridgehead atoms. The number of allylic oxidation sites excluding steroid dienone is 6. The molecular weight excluding hydrogens is 190 g/mol. The largest absolute Gasteiger partial charge is 0.260 e. The number of thioether (sulfide) groups is 1. The van der Waals surface area contributed by atoms with E-state index in [2.05, 4.69) is 41.4 Å². The van der Waals surface area contributed by atoms with Crippen LogP contribution in [-0.4, -0.2) is 17.2 Å². The maximum absolute atomic E-state index is 4.51. The van der Waals surface area contributed by atoms with Gasteiger partial charge in [0.05, 0.1) is 11.1 Å². The summed E-state index contributed by atoms with van der Waals surface area (Å²) in [7, 11) is 0. The Morgan fingerprint density at radius 1 is 1.29 bits per heavy atom. The Bertz CT molecular complexity index is 412. The molecule has 1 nitrogen and oxygen atoms in total. The molecule has 0 amide bonds. The van der Waals surface area contributed by atoms with Gasteiger partial charge in [-0.15, -0.1) is 0 Å². The first kappa shape index (κ1) is 8.30. The van der Waals surface area contributed by atoms with Crippen molar-refractivity contribution in [2.45, 2.75) is 0 Å². The van der Waals surface area contributed by atoms with Gasteiger partial charge in [0.2, 0.25) is 0 Å². The lowest BCUT2D eigenvalue weighted by Crippen LogP contribution is -2.30. The molecule has 1 aliphatic carbocycles. The molecule has 0 N–H and O–H groups in total. The molecule has 70 valence electrons. The summed E-state index contributed by atoms with van der Waals surface area (Å²) < 4.78 is 0. The highest BCUT2D eigenvalue weighted by atomic mass is 32.2. The van der Waals surface area contributed by atoms with Gasteiger partial charge in [-0.1, -0.05) is 24.3 Å². The molecule has 1 spiro atoms. The minimum atomic E-state index is 0.114. The van der Waals surface area contributed by atoms with Crippen molar-refractivity contribution in [3.05, 3.63) is 48.2 Å². The lowest BCUT2D eigenvalue weighted by molar-refractivity contribution is 0.753. The average molecular weight is 201 g/mol. The Morgan fingerprint density at radius 2 is 2.29 bits per heavy atom. The van der Waals surface area contributed by atoms with Gasteiger partial charge < -0.3 is 0 Å². The van der Waals surface area contributed by atoms with E-state index in [1.165, 1.54) is 11.3 Å². The zero-order chi connectivity index (χ0) is 9.43. The molecule has 3 aliphatic rings. The van der Waals surface area contributed by atoms with Gasteiger partial charge in [0, 0.05) is 17.7 Å². The van der Waals surface area contributed by atoms with Crippen LogP contribution in [0, 0.1) is 5.41 Å². The van der Waals surface area contributed by atoms with E-state index in [-0.39, 0.29) is 5.41 Å². The number of hydrogen-bond donors (Lipinski definition) is 0. The molecule has 0 aromatic carbocycles. The van der Waals surface area contributed by atoms with Crippen LogP contribution in [0.4, 0.5) is 0 Å². The Hall–Kier alpha value is -1.02. The minimum absolute atomic E-state index is 0.114. The van der Waals surface area contributed by atoms with E-state index in [9.17, 15) is 0 Å². The van der Waals surface area contributed by atoms with Crippen molar-refractivity contribution in [1.29, 1.82) is 0 Å². The van der Waals surface area contributed by atoms with Crippen molar-refractivity contribution in [3.8, 4) is 0 Å². The predicted molar refractivity (Wildman–Crippen MR) is 62.7 cm³/mol. The summed E-state index contributed by atoms with van der Waals surface area (Å²) in [6.07, 6.45) is 14.8. The monoisotopic (exact) mass is 201 g/mol. The normalized spacial score (nSPS) is 33.1. The van der Waals surface area contributed by atoms with Gasteiger partial charge in [-0.05, 0) is 17.7 Å². The predicted octanol–water partition coefficient (Wildman–Crippen LogP) is 2.74. The SMILES string of the molecule is C1=CN=C2C=CC=CC23CSCC3=C1. The summed E-state index contributed by atoms with van der Waals surface area (Å²) in [5.74, 6) is 2.28. The Morgan fingerprint density at radius 3 is 3.29 bits per heavy atom. The second-order valence-electron chi connectivity index (χ2n) is 3.73. The molecule has 2 heteroatoms. The molecule has 2 heterocycles. The molecule has 2 aliphatic heterocycles. The second kappa shape index (κ2) is 2.99. The van der Waals surface area contributed by atoms with E-state index in [1.54, 1.807) is 0 Å². The van der Waals surface area contributed by atoms with Crippen LogP contribution >= 0.6 is 11.8 Å². The van der Waals surface area contributed by atoms with E-state index in [0.29, 0.717) is 0 Å². The quantitative estimate of drug-likeness (QED) is 0.587. The van der Waals surface area contributed by atoms with E-state index >= 15 is 0 Å². The van der Waals surface area contributed by atoms with Crippen LogP contribution in [0.1, 0.15) is 0 Å². The van der Waals surface area contributed by atoms with Crippen molar-refractivity contribution in [2.75, 3.05) is 11.5 Å². The van der Waals surface area contributed by atoms with Crippen molar-refractivity contribution >= 4 is 17.5 Å². The van der Waals surface area contributed by atoms with Crippen LogP contribution in [0.2, 0.25) is 0 Å². The summed E-state index contributed by atoms with van der Waals surface area (Å²) in [6, 6.07) is 0. The smallest absolute Gasteiger partial charge is 0.0619 e. The highest BCUT2D eigenvalue weighted by molar-refractivity contribution is 7.99. The lowest BCUT2D eigenvalue weighted by Gasteiger charge is -2.27. The summed E-state index contributed by atoms with van der Waals surface area (Å²) in [5, 5.41) is 0. The molecule has 1 fully saturated rings. The standard InChI is InChI=1S/C12H11NS/c1-2-6-12-9-14-8-10(12)4-3-7-13-11(12)5-1/h1-7H,8-9H2. The maximum atomic E-state index is 4.51. The maximum Gasteiger partial charge on any atom is 0.0619 e. The van der Waals surface area contributed by atoms with Crippen LogP contribution in [0.3, 0.4) is 0 Å². The van der Waals surface area contributed by atoms with Crippen LogP contribution in [-0.2, 0) is 0 Å². The van der Waals surface area contributed by atoms with Crippen molar-refractivity contribution in [2.24, 2.45) is 10.4 Å². The van der Waals surface area contributed by atoms with Gasteiger partial charge in [-0.2, -0.15) is 11.8 Å². The Labute approximate surface area is 88.0 Å². The van der Waals surface area contributed by atoms with Crippen LogP contribution in [0.5, 0.6) is 0 Å².